The molecule has 0 aliphatic heterocycles. The lowest BCUT2D eigenvalue weighted by Gasteiger charge is -2.12. The molecule has 0 aliphatic rings. The second-order valence-electron chi connectivity index (χ2n) is 4.86. The molecule has 1 aromatic carbocycles. The van der Waals surface area contributed by atoms with E-state index in [1.807, 2.05) is 12.4 Å². The van der Waals surface area contributed by atoms with Crippen molar-refractivity contribution in [1.82, 2.24) is 14.9 Å². The van der Waals surface area contributed by atoms with E-state index in [9.17, 15) is 0 Å². The van der Waals surface area contributed by atoms with Gasteiger partial charge in [0.05, 0.1) is 6.61 Å². The van der Waals surface area contributed by atoms with Crippen LogP contribution >= 0.6 is 0 Å². The van der Waals surface area contributed by atoms with Gasteiger partial charge in [0.15, 0.2) is 0 Å². The van der Waals surface area contributed by atoms with E-state index in [4.69, 9.17) is 4.74 Å². The molecule has 108 valence electrons. The van der Waals surface area contributed by atoms with Crippen molar-refractivity contribution in [2.75, 3.05) is 20.3 Å². The molecule has 0 radical (unpaired) electrons. The van der Waals surface area contributed by atoms with Crippen molar-refractivity contribution in [2.45, 2.75) is 26.8 Å². The van der Waals surface area contributed by atoms with Gasteiger partial charge in [-0.25, -0.2) is 4.98 Å². The number of aryl methyl sites for hydroxylation is 2. The highest BCUT2D eigenvalue weighted by atomic mass is 16.5. The molecule has 1 N–H and O–H groups in total. The highest BCUT2D eigenvalue weighted by Crippen LogP contribution is 2.18. The first-order valence-corrected chi connectivity index (χ1v) is 7.08. The van der Waals surface area contributed by atoms with Gasteiger partial charge in [-0.1, -0.05) is 19.1 Å². The van der Waals surface area contributed by atoms with Crippen LogP contribution in [-0.2, 0) is 17.7 Å². The van der Waals surface area contributed by atoms with E-state index < -0.39 is 0 Å². The molecule has 4 heteroatoms. The van der Waals surface area contributed by atoms with Gasteiger partial charge in [-0.15, -0.1) is 0 Å². The Balaban J connectivity index is 2.10. The minimum absolute atomic E-state index is 0.742. The van der Waals surface area contributed by atoms with E-state index >= 15 is 0 Å². The second kappa shape index (κ2) is 7.22. The van der Waals surface area contributed by atoms with Crippen molar-refractivity contribution in [1.29, 1.82) is 0 Å². The summed E-state index contributed by atoms with van der Waals surface area (Å²) in [4.78, 5) is 4.38. The van der Waals surface area contributed by atoms with Crippen LogP contribution in [0.15, 0.2) is 30.6 Å². The first kappa shape index (κ1) is 14.8. The third-order valence-electron chi connectivity index (χ3n) is 3.37. The minimum Gasteiger partial charge on any atom is -0.383 e. The molecule has 0 unspecified atom stereocenters. The summed E-state index contributed by atoms with van der Waals surface area (Å²) in [5.74, 6) is 1.10. The monoisotopic (exact) mass is 273 g/mol. The second-order valence-corrected chi connectivity index (χ2v) is 4.86. The summed E-state index contributed by atoms with van der Waals surface area (Å²) in [6.07, 6.45) is 4.82. The molecule has 0 fully saturated rings. The third-order valence-corrected chi connectivity index (χ3v) is 3.37. The van der Waals surface area contributed by atoms with Crippen molar-refractivity contribution < 1.29 is 4.74 Å². The number of nitrogens with zero attached hydrogens (tertiary/aromatic N) is 2. The zero-order chi connectivity index (χ0) is 14.4. The molecule has 0 spiro atoms. The number of hydrogen-bond donors (Lipinski definition) is 1. The molecule has 4 nitrogen and oxygen atoms in total. The molecule has 0 amide bonds. The summed E-state index contributed by atoms with van der Waals surface area (Å²) in [5, 5.41) is 3.36. The lowest BCUT2D eigenvalue weighted by atomic mass is 10.1. The first-order valence-electron chi connectivity index (χ1n) is 7.08. The quantitative estimate of drug-likeness (QED) is 0.788. The van der Waals surface area contributed by atoms with Crippen molar-refractivity contribution in [3.63, 3.8) is 0 Å². The summed E-state index contributed by atoms with van der Waals surface area (Å²) in [5.41, 5.74) is 3.77. The van der Waals surface area contributed by atoms with Gasteiger partial charge < -0.3 is 14.6 Å². The summed E-state index contributed by atoms with van der Waals surface area (Å²) in [6.45, 7) is 6.76. The number of methoxy groups -OCH3 is 1. The largest absolute Gasteiger partial charge is 0.383 e. The predicted molar refractivity (Wildman–Crippen MR) is 81.3 cm³/mol. The van der Waals surface area contributed by atoms with E-state index in [-0.39, 0.29) is 0 Å². The molecule has 0 saturated carbocycles. The van der Waals surface area contributed by atoms with Gasteiger partial charge in [0.2, 0.25) is 0 Å². The molecular weight excluding hydrogens is 250 g/mol. The zero-order valence-corrected chi connectivity index (χ0v) is 12.5. The summed E-state index contributed by atoms with van der Waals surface area (Å²) < 4.78 is 7.19. The maximum Gasteiger partial charge on any atom is 0.112 e. The lowest BCUT2D eigenvalue weighted by Crippen LogP contribution is -2.18. The number of benzene rings is 1. The van der Waals surface area contributed by atoms with Crippen LogP contribution < -0.4 is 5.32 Å². The third kappa shape index (κ3) is 3.46. The van der Waals surface area contributed by atoms with Crippen molar-refractivity contribution in [3.8, 4) is 5.69 Å². The van der Waals surface area contributed by atoms with Crippen LogP contribution in [0.2, 0.25) is 0 Å². The Hall–Kier alpha value is -1.65. The number of rotatable bonds is 7. The normalized spacial score (nSPS) is 10.9. The lowest BCUT2D eigenvalue weighted by molar-refractivity contribution is 0.199. The van der Waals surface area contributed by atoms with Gasteiger partial charge in [-0.2, -0.15) is 0 Å². The van der Waals surface area contributed by atoms with E-state index in [0.29, 0.717) is 0 Å². The van der Waals surface area contributed by atoms with Gasteiger partial charge in [-0.3, -0.25) is 0 Å². The standard InChI is InChI=1S/C16H23N3O/c1-4-16-18-7-9-19(16)15-6-5-14(11-13(15)2)12-17-8-10-20-3/h5-7,9,11,17H,4,8,10,12H2,1-3H3. The molecule has 20 heavy (non-hydrogen) atoms. The highest BCUT2D eigenvalue weighted by Gasteiger charge is 2.06. The van der Waals surface area contributed by atoms with E-state index in [2.05, 4.69) is 46.9 Å². The molecule has 0 bridgehead atoms. The molecule has 2 rings (SSSR count). The van der Waals surface area contributed by atoms with Crippen LogP contribution in [0.3, 0.4) is 0 Å². The number of ether oxygens (including phenoxy) is 1. The first-order chi connectivity index (χ1) is 9.76. The predicted octanol–water partition coefficient (Wildman–Crippen LogP) is 2.48. The fourth-order valence-electron chi connectivity index (χ4n) is 2.32. The molecule has 0 saturated heterocycles. The van der Waals surface area contributed by atoms with Gasteiger partial charge >= 0.3 is 0 Å². The van der Waals surface area contributed by atoms with Crippen LogP contribution in [0.25, 0.3) is 5.69 Å². The smallest absolute Gasteiger partial charge is 0.112 e. The van der Waals surface area contributed by atoms with E-state index in [1.54, 1.807) is 7.11 Å². The molecule has 1 heterocycles. The van der Waals surface area contributed by atoms with Gasteiger partial charge in [0.25, 0.3) is 0 Å². The maximum absolute atomic E-state index is 5.02. The minimum atomic E-state index is 0.742. The van der Waals surface area contributed by atoms with Crippen LogP contribution in [-0.4, -0.2) is 29.8 Å². The van der Waals surface area contributed by atoms with Gasteiger partial charge in [0, 0.05) is 44.7 Å². The van der Waals surface area contributed by atoms with Crippen molar-refractivity contribution in [2.24, 2.45) is 0 Å². The number of hydrogen-bond acceptors (Lipinski definition) is 3. The summed E-state index contributed by atoms with van der Waals surface area (Å²) in [6, 6.07) is 6.57. The SMILES string of the molecule is CCc1nccn1-c1ccc(CNCCOC)cc1C. The van der Waals surface area contributed by atoms with Crippen molar-refractivity contribution in [3.05, 3.63) is 47.5 Å². The summed E-state index contributed by atoms with van der Waals surface area (Å²) >= 11 is 0. The number of imidazole rings is 1. The van der Waals surface area contributed by atoms with Crippen LogP contribution in [0, 0.1) is 6.92 Å². The van der Waals surface area contributed by atoms with Gasteiger partial charge in [-0.05, 0) is 24.1 Å². The Morgan fingerprint density at radius 2 is 2.20 bits per heavy atom. The van der Waals surface area contributed by atoms with E-state index in [0.717, 1.165) is 31.9 Å². The Kier molecular flexibility index (Phi) is 5.32. The zero-order valence-electron chi connectivity index (χ0n) is 12.5. The molecule has 0 atom stereocenters. The van der Waals surface area contributed by atoms with Crippen LogP contribution in [0.5, 0.6) is 0 Å². The fraction of sp³-hybridized carbons (Fsp3) is 0.438. The average molecular weight is 273 g/mol. The molecule has 1 aromatic heterocycles. The highest BCUT2D eigenvalue weighted by molar-refractivity contribution is 5.43. The van der Waals surface area contributed by atoms with Gasteiger partial charge in [0.1, 0.15) is 5.82 Å². The van der Waals surface area contributed by atoms with Crippen LogP contribution in [0.4, 0.5) is 0 Å². The Morgan fingerprint density at radius 1 is 1.35 bits per heavy atom. The molecule has 0 aliphatic carbocycles. The maximum atomic E-state index is 5.02. The number of nitrogens with one attached hydrogen (secondary N) is 1. The van der Waals surface area contributed by atoms with E-state index in [1.165, 1.54) is 16.8 Å². The molecule has 2 aromatic rings. The Bertz CT molecular complexity index is 548. The average Bonchev–Trinajstić information content (AvgIpc) is 2.92. The molecular formula is C16H23N3O. The Labute approximate surface area is 120 Å². The van der Waals surface area contributed by atoms with Crippen molar-refractivity contribution >= 4 is 0 Å². The fourth-order valence-corrected chi connectivity index (χ4v) is 2.32. The van der Waals surface area contributed by atoms with Crippen LogP contribution in [0.1, 0.15) is 23.9 Å². The topological polar surface area (TPSA) is 39.1 Å². The summed E-state index contributed by atoms with van der Waals surface area (Å²) in [7, 11) is 1.72. The Morgan fingerprint density at radius 3 is 2.90 bits per heavy atom. The number of aromatic nitrogens is 2.